The van der Waals surface area contributed by atoms with E-state index in [0.717, 1.165) is 4.90 Å². The Morgan fingerprint density at radius 2 is 1.19 bits per heavy atom. The normalized spacial score (nSPS) is 29.8. The first-order valence-electron chi connectivity index (χ1n) is 29.9. The summed E-state index contributed by atoms with van der Waals surface area (Å²) < 4.78 is 54.3. The number of likely N-dealkylation sites (N-methyl/N-ethyl adjacent to an activating group) is 1. The molecule has 27 heteroatoms. The van der Waals surface area contributed by atoms with Crippen molar-refractivity contribution in [3.8, 4) is 0 Å². The Labute approximate surface area is 510 Å². The van der Waals surface area contributed by atoms with Crippen molar-refractivity contribution in [2.45, 2.75) is 282 Å². The van der Waals surface area contributed by atoms with Crippen LogP contribution in [0, 0.1) is 11.8 Å². The van der Waals surface area contributed by atoms with Gasteiger partial charge in [-0.3, -0.25) is 4.79 Å². The highest BCUT2D eigenvalue weighted by Crippen LogP contribution is 2.42. The molecule has 0 bridgehead atoms. The summed E-state index contributed by atoms with van der Waals surface area (Å²) in [5.41, 5.74) is -6.46. The molecule has 2 aliphatic heterocycles. The van der Waals surface area contributed by atoms with E-state index in [4.69, 9.17) is 42.3 Å². The van der Waals surface area contributed by atoms with Crippen molar-refractivity contribution in [3.63, 3.8) is 0 Å². The number of carbonyl (C=O) groups excluding carboxylic acids is 6. The molecule has 3 fully saturated rings. The number of rotatable bonds is 17. The van der Waals surface area contributed by atoms with Crippen molar-refractivity contribution in [2.24, 2.45) is 11.8 Å². The number of carbonyl (C=O) groups is 6. The van der Waals surface area contributed by atoms with E-state index in [1.165, 1.54) is 14.0 Å². The molecule has 4 aliphatic rings. The quantitative estimate of drug-likeness (QED) is 0.0628. The van der Waals surface area contributed by atoms with Gasteiger partial charge in [0.15, 0.2) is 14.6 Å². The maximum absolute atomic E-state index is 14.1. The van der Waals surface area contributed by atoms with Crippen molar-refractivity contribution in [1.29, 1.82) is 0 Å². The summed E-state index contributed by atoms with van der Waals surface area (Å²) in [4.78, 5) is 82.1. The number of nitrogens with one attached hydrogen (secondary N) is 6. The Morgan fingerprint density at radius 3 is 1.70 bits per heavy atom. The van der Waals surface area contributed by atoms with E-state index in [9.17, 15) is 49.2 Å². The predicted molar refractivity (Wildman–Crippen MR) is 320 cm³/mol. The summed E-state index contributed by atoms with van der Waals surface area (Å²) >= 11 is 0. The van der Waals surface area contributed by atoms with Gasteiger partial charge >= 0.3 is 30.5 Å². The molecule has 0 radical (unpaired) electrons. The van der Waals surface area contributed by atoms with E-state index in [0.29, 0.717) is 25.1 Å². The van der Waals surface area contributed by atoms with Crippen LogP contribution in [-0.4, -0.2) is 210 Å². The third-order valence-corrected chi connectivity index (χ3v) is 19.6. The summed E-state index contributed by atoms with van der Waals surface area (Å²) in [6.45, 7) is 36.9. The molecule has 496 valence electrons. The minimum Gasteiger partial charge on any atom is -0.491 e. The Kier molecular flexibility index (Phi) is 24.3. The summed E-state index contributed by atoms with van der Waals surface area (Å²) in [6, 6.07) is -5.36. The van der Waals surface area contributed by atoms with Gasteiger partial charge in [-0.15, -0.1) is 0 Å². The second-order valence-corrected chi connectivity index (χ2v) is 34.9. The van der Waals surface area contributed by atoms with E-state index in [-0.39, 0.29) is 42.5 Å². The van der Waals surface area contributed by atoms with Crippen molar-refractivity contribution in [3.05, 3.63) is 11.8 Å². The van der Waals surface area contributed by atoms with E-state index < -0.39 is 158 Å². The van der Waals surface area contributed by atoms with Crippen LogP contribution in [0.3, 0.4) is 0 Å². The average Bonchev–Trinajstić information content (AvgIpc) is 0.924. The van der Waals surface area contributed by atoms with Crippen LogP contribution in [0.1, 0.15) is 157 Å². The van der Waals surface area contributed by atoms with E-state index in [1.54, 1.807) is 110 Å². The van der Waals surface area contributed by atoms with Crippen molar-refractivity contribution < 1.29 is 91.5 Å². The van der Waals surface area contributed by atoms with Gasteiger partial charge in [0.1, 0.15) is 63.8 Å². The summed E-state index contributed by atoms with van der Waals surface area (Å²) in [5.74, 6) is -1.94. The highest BCUT2D eigenvalue weighted by atomic mass is 28.4. The van der Waals surface area contributed by atoms with Gasteiger partial charge in [-0.1, -0.05) is 20.8 Å². The number of amides is 6. The molecule has 2 heterocycles. The molecule has 26 nitrogen and oxygen atoms in total. The summed E-state index contributed by atoms with van der Waals surface area (Å²) in [6.07, 6.45) is -11.9. The highest BCUT2D eigenvalue weighted by molar-refractivity contribution is 6.74. The zero-order chi connectivity index (χ0) is 65.7. The Morgan fingerprint density at radius 1 is 0.686 bits per heavy atom. The van der Waals surface area contributed by atoms with Gasteiger partial charge in [-0.25, -0.2) is 24.0 Å². The highest BCUT2D eigenvalue weighted by Gasteiger charge is 2.57. The maximum Gasteiger partial charge on any atom is 0.410 e. The van der Waals surface area contributed by atoms with Gasteiger partial charge in [0, 0.05) is 19.0 Å². The van der Waals surface area contributed by atoms with E-state index in [1.807, 2.05) is 0 Å². The monoisotopic (exact) mass is 1250 g/mol. The zero-order valence-corrected chi connectivity index (χ0v) is 56.2. The molecule has 4 rings (SSSR count). The summed E-state index contributed by atoms with van der Waals surface area (Å²) in [7, 11) is -0.987. The molecule has 86 heavy (non-hydrogen) atoms. The molecular weight excluding hydrogens is 1140 g/mol. The number of ether oxygens (including phenoxy) is 8. The Bertz CT molecular complexity index is 2350. The molecule has 10 N–H and O–H groups in total. The number of nitrogens with zero attached hydrogens (tertiary/aromatic N) is 1. The molecule has 2 saturated carbocycles. The molecule has 0 spiro atoms. The third-order valence-electron chi connectivity index (χ3n) is 15.1. The number of aliphatic hydroxyl groups excluding tert-OH is 3. The molecular formula is C59H107N7O19Si. The Hall–Kier alpha value is -4.74. The maximum atomic E-state index is 14.1. The number of aliphatic hydroxyl groups is 4. The van der Waals surface area contributed by atoms with Crippen LogP contribution in [0.15, 0.2) is 11.8 Å². The first kappa shape index (κ1) is 73.7. The van der Waals surface area contributed by atoms with Gasteiger partial charge in [-0.05, 0) is 173 Å². The van der Waals surface area contributed by atoms with Gasteiger partial charge < -0.3 is 99.5 Å². The molecule has 1 unspecified atom stereocenters. The largest absolute Gasteiger partial charge is 0.491 e. The minimum atomic E-state index is -2.31. The van der Waals surface area contributed by atoms with Gasteiger partial charge in [0.05, 0.1) is 56.1 Å². The second-order valence-electron chi connectivity index (χ2n) is 30.1. The minimum absolute atomic E-state index is 0.0232. The van der Waals surface area contributed by atoms with Crippen LogP contribution in [0.5, 0.6) is 0 Å². The average molecular weight is 1250 g/mol. The standard InChI is InChI=1S/C59H107N7O19Si/c1-53(2,3)80-48(71)61-30-38(67)46(70)62-37-27-36(65-51(74)83-56(10,11)12)40(41(68)44(37)79-47-42(69)45(59(19,76)31-77-47)66(20)52(75)84-57(13,14)15)43-34(63-49(72)81-54(4,5)6)24-23-33(78-43)29-60-28-32-25-35(64-50(73)82-55(7,8)9)39(26-32)85-86(21,22)58(16,17)18/h23,32,34-45,47,60,67-69,76H,24-31H2,1-22H3,(H,61,71)(H,62,70)(H,63,72)(H,64,73)(H,65,74)/t32-,34+,35+,36-,37+,38-,39-,40?,41-,42+,43-,44-,45+,47+,59-/m0/s1. The topological polar surface area (TPSA) is 342 Å². The number of hydrogen-bond acceptors (Lipinski definition) is 20. The predicted octanol–water partition coefficient (Wildman–Crippen LogP) is 5.57. The number of hydrogen-bond donors (Lipinski definition) is 10. The fourth-order valence-corrected chi connectivity index (χ4v) is 11.9. The lowest BCUT2D eigenvalue weighted by molar-refractivity contribution is -0.305. The first-order chi connectivity index (χ1) is 38.9. The SMILES string of the molecule is CN(C(=O)OC(C)(C)C)[C@@H]1[C@@H](O)[C@@H](O[C@H]2[C@H](NC(=O)[C@@H](O)CNC(=O)OC(C)(C)C)C[C@H](NC(=O)OC(C)(C)C)C([C@H]3OC(CNC[C@@H]4C[C@H](O[Si](C)(C)C(C)(C)C)[C@H](NC(=O)OC(C)(C)C)C4)=CC[C@H]3NC(=O)OC(C)(C)C)[C@@H]2O)OC[C@]1(C)O. The molecule has 1 saturated heterocycles. The lowest BCUT2D eigenvalue weighted by Gasteiger charge is -2.52. The van der Waals surface area contributed by atoms with Crippen molar-refractivity contribution in [1.82, 2.24) is 36.8 Å². The van der Waals surface area contributed by atoms with E-state index in [2.05, 4.69) is 65.8 Å². The van der Waals surface area contributed by atoms with Crippen LogP contribution in [0.2, 0.25) is 18.1 Å². The second kappa shape index (κ2) is 28.4. The zero-order valence-electron chi connectivity index (χ0n) is 55.2. The first-order valence-corrected chi connectivity index (χ1v) is 32.8. The fourth-order valence-electron chi connectivity index (χ4n) is 10.5. The van der Waals surface area contributed by atoms with Crippen molar-refractivity contribution in [2.75, 3.05) is 33.3 Å². The van der Waals surface area contributed by atoms with Gasteiger partial charge in [-0.2, -0.15) is 0 Å². The van der Waals surface area contributed by atoms with Crippen LogP contribution < -0.4 is 31.9 Å². The van der Waals surface area contributed by atoms with Crippen LogP contribution in [-0.2, 0) is 47.1 Å². The van der Waals surface area contributed by atoms with Crippen LogP contribution in [0.25, 0.3) is 0 Å². The molecule has 15 atom stereocenters. The molecule has 0 aromatic heterocycles. The summed E-state index contributed by atoms with van der Waals surface area (Å²) in [5, 5.41) is 65.5. The van der Waals surface area contributed by atoms with E-state index >= 15 is 0 Å². The molecule has 0 aromatic carbocycles. The lowest BCUT2D eigenvalue weighted by Crippen LogP contribution is -2.71. The van der Waals surface area contributed by atoms with Gasteiger partial charge in [0.25, 0.3) is 5.91 Å². The van der Waals surface area contributed by atoms with Crippen LogP contribution in [0.4, 0.5) is 24.0 Å². The lowest BCUT2D eigenvalue weighted by atomic mass is 9.72. The third kappa shape index (κ3) is 22.7. The number of alkyl carbamates (subject to hydrolysis) is 4. The molecule has 0 aromatic rings. The van der Waals surface area contributed by atoms with Gasteiger partial charge in [0.2, 0.25) is 0 Å². The van der Waals surface area contributed by atoms with Crippen molar-refractivity contribution >= 4 is 44.7 Å². The molecule has 6 amide bonds. The van der Waals surface area contributed by atoms with Crippen LogP contribution >= 0.6 is 0 Å². The molecule has 2 aliphatic carbocycles. The fraction of sp³-hybridized carbons (Fsp3) is 0.864. The smallest absolute Gasteiger partial charge is 0.410 e. The Balaban J connectivity index is 1.79.